The van der Waals surface area contributed by atoms with Crippen LogP contribution < -0.4 is 10.6 Å². The number of sulfone groups is 1. The quantitative estimate of drug-likeness (QED) is 0.639. The molecule has 1 aliphatic heterocycles. The van der Waals surface area contributed by atoms with E-state index in [4.69, 9.17) is 0 Å². The SMILES string of the molecule is CC(C)NC(=O)NC1CS(=O)(=O)C1. The first-order valence-corrected chi connectivity index (χ1v) is 5.98. The van der Waals surface area contributed by atoms with Crippen molar-refractivity contribution in [2.75, 3.05) is 11.5 Å². The lowest BCUT2D eigenvalue weighted by atomic mass is 10.3. The van der Waals surface area contributed by atoms with Crippen molar-refractivity contribution < 1.29 is 13.2 Å². The predicted molar refractivity (Wildman–Crippen MR) is 49.2 cm³/mol. The summed E-state index contributed by atoms with van der Waals surface area (Å²) in [6.07, 6.45) is 0. The summed E-state index contributed by atoms with van der Waals surface area (Å²) in [6.45, 7) is 3.69. The number of urea groups is 1. The summed E-state index contributed by atoms with van der Waals surface area (Å²) < 4.78 is 21.5. The molecule has 0 atom stereocenters. The Morgan fingerprint density at radius 2 is 1.92 bits per heavy atom. The summed E-state index contributed by atoms with van der Waals surface area (Å²) in [4.78, 5) is 11.1. The summed E-state index contributed by atoms with van der Waals surface area (Å²) in [7, 11) is -2.85. The van der Waals surface area contributed by atoms with Crippen molar-refractivity contribution in [3.8, 4) is 0 Å². The highest BCUT2D eigenvalue weighted by Crippen LogP contribution is 2.09. The first-order chi connectivity index (χ1) is 5.89. The first kappa shape index (κ1) is 10.3. The molecular formula is C7H14N2O3S. The zero-order chi connectivity index (χ0) is 10.1. The highest BCUT2D eigenvalue weighted by Gasteiger charge is 2.34. The molecule has 2 N–H and O–H groups in total. The van der Waals surface area contributed by atoms with Crippen molar-refractivity contribution in [1.82, 2.24) is 10.6 Å². The first-order valence-electron chi connectivity index (χ1n) is 4.16. The topological polar surface area (TPSA) is 75.3 Å². The van der Waals surface area contributed by atoms with Gasteiger partial charge < -0.3 is 10.6 Å². The van der Waals surface area contributed by atoms with E-state index < -0.39 is 9.84 Å². The van der Waals surface area contributed by atoms with Crippen molar-refractivity contribution >= 4 is 15.9 Å². The highest BCUT2D eigenvalue weighted by molar-refractivity contribution is 7.92. The molecule has 0 aromatic heterocycles. The minimum absolute atomic E-state index is 0.0664. The van der Waals surface area contributed by atoms with E-state index in [-0.39, 0.29) is 29.6 Å². The Morgan fingerprint density at radius 3 is 2.31 bits per heavy atom. The number of amides is 2. The van der Waals surface area contributed by atoms with Gasteiger partial charge in [0.15, 0.2) is 9.84 Å². The molecule has 0 spiro atoms. The van der Waals surface area contributed by atoms with Crippen molar-refractivity contribution in [2.24, 2.45) is 0 Å². The summed E-state index contributed by atoms with van der Waals surface area (Å²) in [5.41, 5.74) is 0. The second-order valence-electron chi connectivity index (χ2n) is 3.55. The van der Waals surface area contributed by atoms with E-state index in [2.05, 4.69) is 10.6 Å². The predicted octanol–water partition coefficient (Wildman–Crippen LogP) is -0.509. The van der Waals surface area contributed by atoms with Crippen LogP contribution in [0.3, 0.4) is 0 Å². The van der Waals surface area contributed by atoms with E-state index in [0.717, 1.165) is 0 Å². The van der Waals surface area contributed by atoms with Gasteiger partial charge in [-0.3, -0.25) is 0 Å². The Labute approximate surface area is 77.8 Å². The number of hydrogen-bond donors (Lipinski definition) is 2. The number of nitrogens with one attached hydrogen (secondary N) is 2. The molecule has 0 aliphatic carbocycles. The number of hydrogen-bond acceptors (Lipinski definition) is 3. The van der Waals surface area contributed by atoms with Gasteiger partial charge in [0.05, 0.1) is 17.5 Å². The highest BCUT2D eigenvalue weighted by atomic mass is 32.2. The number of rotatable bonds is 2. The molecule has 1 aliphatic rings. The average Bonchev–Trinajstić information content (AvgIpc) is 1.79. The maximum atomic E-state index is 11.1. The van der Waals surface area contributed by atoms with Crippen LogP contribution in [-0.2, 0) is 9.84 Å². The maximum absolute atomic E-state index is 11.1. The zero-order valence-electron chi connectivity index (χ0n) is 7.70. The van der Waals surface area contributed by atoms with Crippen LogP contribution in [0.15, 0.2) is 0 Å². The molecule has 0 radical (unpaired) electrons. The zero-order valence-corrected chi connectivity index (χ0v) is 8.52. The third-order valence-electron chi connectivity index (χ3n) is 1.67. The van der Waals surface area contributed by atoms with Crippen LogP contribution in [-0.4, -0.2) is 38.0 Å². The van der Waals surface area contributed by atoms with Crippen LogP contribution >= 0.6 is 0 Å². The lowest BCUT2D eigenvalue weighted by Gasteiger charge is -2.26. The van der Waals surface area contributed by atoms with Crippen LogP contribution in [0.25, 0.3) is 0 Å². The van der Waals surface area contributed by atoms with Crippen LogP contribution in [0.5, 0.6) is 0 Å². The third kappa shape index (κ3) is 3.22. The lowest BCUT2D eigenvalue weighted by Crippen LogP contribution is -2.56. The fraction of sp³-hybridized carbons (Fsp3) is 0.857. The molecular weight excluding hydrogens is 192 g/mol. The second-order valence-corrected chi connectivity index (χ2v) is 5.70. The fourth-order valence-electron chi connectivity index (χ4n) is 1.14. The molecule has 76 valence electrons. The van der Waals surface area contributed by atoms with E-state index in [1.54, 1.807) is 0 Å². The largest absolute Gasteiger partial charge is 0.336 e. The summed E-state index contributed by atoms with van der Waals surface area (Å²) in [6, 6.07) is -0.435. The van der Waals surface area contributed by atoms with Gasteiger partial charge in [0.25, 0.3) is 0 Å². The molecule has 0 saturated carbocycles. The Hall–Kier alpha value is -0.780. The molecule has 13 heavy (non-hydrogen) atoms. The van der Waals surface area contributed by atoms with E-state index in [0.29, 0.717) is 0 Å². The van der Waals surface area contributed by atoms with E-state index in [9.17, 15) is 13.2 Å². The standard InChI is InChI=1S/C7H14N2O3S/c1-5(2)8-7(10)9-6-3-13(11,12)4-6/h5-6H,3-4H2,1-2H3,(H2,8,9,10). The summed E-state index contributed by atoms with van der Waals surface area (Å²) >= 11 is 0. The summed E-state index contributed by atoms with van der Waals surface area (Å²) in [5.74, 6) is 0.136. The lowest BCUT2D eigenvalue weighted by molar-refractivity contribution is 0.236. The van der Waals surface area contributed by atoms with Gasteiger partial charge in [-0.2, -0.15) is 0 Å². The molecule has 6 heteroatoms. The molecule has 2 amide bonds. The summed E-state index contributed by atoms with van der Waals surface area (Å²) in [5, 5.41) is 5.20. The van der Waals surface area contributed by atoms with E-state index >= 15 is 0 Å². The van der Waals surface area contributed by atoms with Crippen molar-refractivity contribution in [3.05, 3.63) is 0 Å². The normalized spacial score (nSPS) is 20.8. The molecule has 1 fully saturated rings. The van der Waals surface area contributed by atoms with Gasteiger partial charge in [-0.05, 0) is 13.8 Å². The molecule has 1 saturated heterocycles. The molecule has 5 nitrogen and oxygen atoms in total. The Bertz CT molecular complexity index is 285. The van der Waals surface area contributed by atoms with Crippen molar-refractivity contribution in [1.29, 1.82) is 0 Å². The minimum atomic E-state index is -2.85. The van der Waals surface area contributed by atoms with Gasteiger partial charge in [0.2, 0.25) is 0 Å². The van der Waals surface area contributed by atoms with Crippen LogP contribution in [0, 0.1) is 0 Å². The molecule has 0 bridgehead atoms. The fourth-order valence-corrected chi connectivity index (χ4v) is 2.43. The number of carbonyl (C=O) groups excluding carboxylic acids is 1. The molecule has 0 unspecified atom stereocenters. The van der Waals surface area contributed by atoms with Gasteiger partial charge in [-0.15, -0.1) is 0 Å². The molecule has 1 rings (SSSR count). The van der Waals surface area contributed by atoms with Crippen LogP contribution in [0.2, 0.25) is 0 Å². The van der Waals surface area contributed by atoms with Crippen molar-refractivity contribution in [3.63, 3.8) is 0 Å². The average molecular weight is 206 g/mol. The Morgan fingerprint density at radius 1 is 1.38 bits per heavy atom. The second kappa shape index (κ2) is 3.53. The minimum Gasteiger partial charge on any atom is -0.336 e. The monoisotopic (exact) mass is 206 g/mol. The van der Waals surface area contributed by atoms with Gasteiger partial charge in [0.1, 0.15) is 0 Å². The molecule has 0 aromatic rings. The van der Waals surface area contributed by atoms with Crippen molar-refractivity contribution in [2.45, 2.75) is 25.9 Å². The molecule has 1 heterocycles. The van der Waals surface area contributed by atoms with Crippen LogP contribution in [0.1, 0.15) is 13.8 Å². The maximum Gasteiger partial charge on any atom is 0.315 e. The Balaban J connectivity index is 2.24. The smallest absolute Gasteiger partial charge is 0.315 e. The van der Waals surface area contributed by atoms with Crippen LogP contribution in [0.4, 0.5) is 4.79 Å². The molecule has 0 aromatic carbocycles. The Kier molecular flexibility index (Phi) is 2.80. The van der Waals surface area contributed by atoms with Gasteiger partial charge in [-0.1, -0.05) is 0 Å². The van der Waals surface area contributed by atoms with Gasteiger partial charge in [-0.25, -0.2) is 13.2 Å². The number of carbonyl (C=O) groups is 1. The third-order valence-corrected chi connectivity index (χ3v) is 3.49. The van der Waals surface area contributed by atoms with E-state index in [1.807, 2.05) is 13.8 Å². The van der Waals surface area contributed by atoms with Gasteiger partial charge in [0, 0.05) is 6.04 Å². The van der Waals surface area contributed by atoms with E-state index in [1.165, 1.54) is 0 Å². The van der Waals surface area contributed by atoms with Gasteiger partial charge >= 0.3 is 6.03 Å².